The number of benzene rings is 1. The van der Waals surface area contributed by atoms with Crippen molar-refractivity contribution >= 4 is 34.5 Å². The van der Waals surface area contributed by atoms with Crippen molar-refractivity contribution in [3.05, 3.63) is 33.4 Å². The first-order chi connectivity index (χ1) is 8.02. The zero-order chi connectivity index (χ0) is 12.8. The van der Waals surface area contributed by atoms with E-state index in [0.29, 0.717) is 12.0 Å². The van der Waals surface area contributed by atoms with E-state index in [4.69, 9.17) is 5.11 Å². The largest absolute Gasteiger partial charge is 0.481 e. The van der Waals surface area contributed by atoms with E-state index >= 15 is 0 Å². The molecule has 0 spiro atoms. The number of carbonyl (C=O) groups excluding carboxylic acids is 1. The maximum atomic E-state index is 11.8. The van der Waals surface area contributed by atoms with Gasteiger partial charge in [0, 0.05) is 15.2 Å². The van der Waals surface area contributed by atoms with E-state index in [1.807, 2.05) is 19.1 Å². The number of aliphatic carboxylic acids is 1. The third kappa shape index (κ3) is 4.72. The highest BCUT2D eigenvalue weighted by Crippen LogP contribution is 2.07. The molecule has 0 saturated carbocycles. The van der Waals surface area contributed by atoms with Gasteiger partial charge in [0.1, 0.15) is 0 Å². The molecule has 5 heteroatoms. The number of carboxylic acids is 1. The second kappa shape index (κ2) is 6.58. The van der Waals surface area contributed by atoms with Crippen molar-refractivity contribution in [1.82, 2.24) is 5.32 Å². The Morgan fingerprint density at radius 2 is 1.94 bits per heavy atom. The Labute approximate surface area is 114 Å². The fraction of sp³-hybridized carbons (Fsp3) is 0.333. The van der Waals surface area contributed by atoms with E-state index < -0.39 is 5.97 Å². The molecule has 0 aliphatic heterocycles. The summed E-state index contributed by atoms with van der Waals surface area (Å²) in [5, 5.41) is 11.4. The molecule has 0 fully saturated rings. The van der Waals surface area contributed by atoms with Gasteiger partial charge in [0.05, 0.1) is 6.42 Å². The van der Waals surface area contributed by atoms with Gasteiger partial charge in [-0.2, -0.15) is 0 Å². The maximum absolute atomic E-state index is 11.8. The van der Waals surface area contributed by atoms with Crippen LogP contribution in [0.4, 0.5) is 0 Å². The van der Waals surface area contributed by atoms with Crippen LogP contribution in [0.2, 0.25) is 0 Å². The van der Waals surface area contributed by atoms with Crippen molar-refractivity contribution in [3.8, 4) is 0 Å². The predicted molar refractivity (Wildman–Crippen MR) is 73.0 cm³/mol. The van der Waals surface area contributed by atoms with Gasteiger partial charge in [0.2, 0.25) is 0 Å². The highest BCUT2D eigenvalue weighted by atomic mass is 127. The number of rotatable bonds is 5. The first-order valence-corrected chi connectivity index (χ1v) is 6.39. The minimum absolute atomic E-state index is 0.0490. The van der Waals surface area contributed by atoms with Crippen molar-refractivity contribution in [2.75, 3.05) is 0 Å². The number of carbonyl (C=O) groups is 2. The Morgan fingerprint density at radius 3 is 2.41 bits per heavy atom. The number of nitrogens with one attached hydrogen (secondary N) is 1. The van der Waals surface area contributed by atoms with Crippen LogP contribution in [0.1, 0.15) is 30.1 Å². The Kier molecular flexibility index (Phi) is 5.40. The van der Waals surface area contributed by atoms with Crippen molar-refractivity contribution in [3.63, 3.8) is 0 Å². The average molecular weight is 347 g/mol. The molecule has 17 heavy (non-hydrogen) atoms. The molecule has 1 atom stereocenters. The summed E-state index contributed by atoms with van der Waals surface area (Å²) in [6.07, 6.45) is 0.551. The average Bonchev–Trinajstić information content (AvgIpc) is 2.28. The molecular weight excluding hydrogens is 333 g/mol. The van der Waals surface area contributed by atoms with E-state index in [2.05, 4.69) is 27.9 Å². The molecule has 1 aromatic carbocycles. The smallest absolute Gasteiger partial charge is 0.305 e. The summed E-state index contributed by atoms with van der Waals surface area (Å²) in [6, 6.07) is 6.82. The second-order valence-electron chi connectivity index (χ2n) is 3.68. The van der Waals surface area contributed by atoms with Crippen LogP contribution in [0.15, 0.2) is 24.3 Å². The van der Waals surface area contributed by atoms with Crippen molar-refractivity contribution in [1.29, 1.82) is 0 Å². The van der Waals surface area contributed by atoms with Gasteiger partial charge < -0.3 is 10.4 Å². The third-order valence-electron chi connectivity index (χ3n) is 2.36. The molecule has 0 bridgehead atoms. The maximum Gasteiger partial charge on any atom is 0.305 e. The van der Waals surface area contributed by atoms with Crippen LogP contribution in [0, 0.1) is 3.57 Å². The molecule has 0 aliphatic carbocycles. The molecule has 1 rings (SSSR count). The van der Waals surface area contributed by atoms with Crippen LogP contribution in [-0.4, -0.2) is 23.0 Å². The Bertz CT molecular complexity index is 403. The van der Waals surface area contributed by atoms with E-state index in [9.17, 15) is 9.59 Å². The lowest BCUT2D eigenvalue weighted by atomic mass is 10.1. The SMILES string of the molecule is CCC(CC(=O)O)NC(=O)c1ccc(I)cc1. The number of halogens is 1. The van der Waals surface area contributed by atoms with E-state index in [1.54, 1.807) is 12.1 Å². The molecular formula is C12H14INO3. The van der Waals surface area contributed by atoms with E-state index in [0.717, 1.165) is 3.57 Å². The molecule has 2 N–H and O–H groups in total. The summed E-state index contributed by atoms with van der Waals surface area (Å²) >= 11 is 2.16. The first kappa shape index (κ1) is 14.0. The predicted octanol–water partition coefficient (Wildman–Crippen LogP) is 2.27. The molecule has 1 unspecified atom stereocenters. The molecule has 1 aromatic rings. The van der Waals surface area contributed by atoms with Gasteiger partial charge >= 0.3 is 5.97 Å². The monoisotopic (exact) mass is 347 g/mol. The van der Waals surface area contributed by atoms with E-state index in [1.165, 1.54) is 0 Å². The summed E-state index contributed by atoms with van der Waals surface area (Å²) in [4.78, 5) is 22.4. The summed E-state index contributed by atoms with van der Waals surface area (Å²) in [5.74, 6) is -1.13. The summed E-state index contributed by atoms with van der Waals surface area (Å²) < 4.78 is 1.05. The van der Waals surface area contributed by atoms with Crippen molar-refractivity contribution in [2.24, 2.45) is 0 Å². The lowest BCUT2D eigenvalue weighted by Gasteiger charge is -2.14. The molecule has 0 aromatic heterocycles. The fourth-order valence-electron chi connectivity index (χ4n) is 1.38. The molecule has 4 nitrogen and oxygen atoms in total. The second-order valence-corrected chi connectivity index (χ2v) is 4.93. The topological polar surface area (TPSA) is 66.4 Å². The molecule has 1 amide bonds. The highest BCUT2D eigenvalue weighted by molar-refractivity contribution is 14.1. The zero-order valence-corrected chi connectivity index (χ0v) is 11.6. The van der Waals surface area contributed by atoms with E-state index in [-0.39, 0.29) is 18.4 Å². The van der Waals surface area contributed by atoms with Gasteiger partial charge in [0.15, 0.2) is 0 Å². The summed E-state index contributed by atoms with van der Waals surface area (Å²) in [5.41, 5.74) is 0.550. The lowest BCUT2D eigenvalue weighted by Crippen LogP contribution is -2.35. The van der Waals surface area contributed by atoms with Crippen LogP contribution in [-0.2, 0) is 4.79 Å². The minimum Gasteiger partial charge on any atom is -0.481 e. The number of carboxylic acid groups (broad SMARTS) is 1. The quantitative estimate of drug-likeness (QED) is 0.803. The minimum atomic E-state index is -0.903. The van der Waals surface area contributed by atoms with Gasteiger partial charge in [-0.05, 0) is 53.3 Å². The Balaban J connectivity index is 2.64. The molecule has 0 saturated heterocycles. The molecule has 0 radical (unpaired) electrons. The van der Waals surface area contributed by atoms with Crippen LogP contribution in [0.25, 0.3) is 0 Å². The van der Waals surface area contributed by atoms with Gasteiger partial charge in [-0.3, -0.25) is 9.59 Å². The van der Waals surface area contributed by atoms with Gasteiger partial charge in [0.25, 0.3) is 5.91 Å². The normalized spacial score (nSPS) is 11.9. The van der Waals surface area contributed by atoms with Crippen LogP contribution in [0.5, 0.6) is 0 Å². The molecule has 92 valence electrons. The number of hydrogen-bond acceptors (Lipinski definition) is 2. The number of hydrogen-bond donors (Lipinski definition) is 2. The third-order valence-corrected chi connectivity index (χ3v) is 3.07. The van der Waals surface area contributed by atoms with Crippen molar-refractivity contribution in [2.45, 2.75) is 25.8 Å². The lowest BCUT2D eigenvalue weighted by molar-refractivity contribution is -0.137. The van der Waals surface area contributed by atoms with Gasteiger partial charge in [-0.25, -0.2) is 0 Å². The van der Waals surface area contributed by atoms with Crippen LogP contribution in [0.3, 0.4) is 0 Å². The molecule has 0 aliphatic rings. The van der Waals surface area contributed by atoms with Gasteiger partial charge in [-0.15, -0.1) is 0 Å². The van der Waals surface area contributed by atoms with Crippen LogP contribution < -0.4 is 5.32 Å². The van der Waals surface area contributed by atoms with Gasteiger partial charge in [-0.1, -0.05) is 6.92 Å². The Morgan fingerprint density at radius 1 is 1.35 bits per heavy atom. The zero-order valence-electron chi connectivity index (χ0n) is 9.44. The summed E-state index contributed by atoms with van der Waals surface area (Å²) in [6.45, 7) is 1.85. The first-order valence-electron chi connectivity index (χ1n) is 5.31. The standard InChI is InChI=1S/C12H14INO3/c1-2-10(7-11(15)16)14-12(17)8-3-5-9(13)6-4-8/h3-6,10H,2,7H2,1H3,(H,14,17)(H,15,16). The van der Waals surface area contributed by atoms with Crippen LogP contribution >= 0.6 is 22.6 Å². The summed E-state index contributed by atoms with van der Waals surface area (Å²) in [7, 11) is 0. The number of amides is 1. The van der Waals surface area contributed by atoms with Crippen molar-refractivity contribution < 1.29 is 14.7 Å². The highest BCUT2D eigenvalue weighted by Gasteiger charge is 2.14. The molecule has 0 heterocycles. The Hall–Kier alpha value is -1.11. The fourth-order valence-corrected chi connectivity index (χ4v) is 1.74.